The zero-order chi connectivity index (χ0) is 14.5. The Hall–Kier alpha value is -1.15. The number of rotatable bonds is 6. The van der Waals surface area contributed by atoms with E-state index in [1.165, 1.54) is 18.4 Å². The van der Waals surface area contributed by atoms with Gasteiger partial charge in [0, 0.05) is 0 Å². The van der Waals surface area contributed by atoms with Crippen LogP contribution in [0.1, 0.15) is 32.3 Å². The third-order valence-electron chi connectivity index (χ3n) is 2.46. The molecule has 0 heterocycles. The molecule has 106 valence electrons. The zero-order valence-corrected chi connectivity index (χ0v) is 13.4. The van der Waals surface area contributed by atoms with Crippen molar-refractivity contribution < 1.29 is 4.74 Å². The number of thioether (sulfide) groups is 1. The van der Waals surface area contributed by atoms with Gasteiger partial charge < -0.3 is 4.74 Å². The SMILES string of the molecule is C=C/C(=C\SC)COc1ccc(C)cc1.CCCC. The van der Waals surface area contributed by atoms with Crippen LogP contribution in [-0.4, -0.2) is 12.9 Å². The predicted molar refractivity (Wildman–Crippen MR) is 89.1 cm³/mol. The van der Waals surface area contributed by atoms with Crippen LogP contribution in [0.5, 0.6) is 5.75 Å². The van der Waals surface area contributed by atoms with Gasteiger partial charge in [0.1, 0.15) is 12.4 Å². The first-order valence-electron chi connectivity index (χ1n) is 6.71. The van der Waals surface area contributed by atoms with Crippen molar-refractivity contribution in [3.63, 3.8) is 0 Å². The lowest BCUT2D eigenvalue weighted by molar-refractivity contribution is 0.356. The van der Waals surface area contributed by atoms with E-state index in [0.717, 1.165) is 11.3 Å². The van der Waals surface area contributed by atoms with E-state index in [4.69, 9.17) is 4.74 Å². The van der Waals surface area contributed by atoms with Crippen LogP contribution >= 0.6 is 11.8 Å². The second-order valence-electron chi connectivity index (χ2n) is 4.23. The summed E-state index contributed by atoms with van der Waals surface area (Å²) in [4.78, 5) is 0. The Morgan fingerprint density at radius 1 is 1.21 bits per heavy atom. The smallest absolute Gasteiger partial charge is 0.119 e. The van der Waals surface area contributed by atoms with E-state index in [1.54, 1.807) is 11.8 Å². The van der Waals surface area contributed by atoms with Crippen LogP contribution in [0.15, 0.2) is 47.9 Å². The van der Waals surface area contributed by atoms with Gasteiger partial charge in [-0.15, -0.1) is 11.8 Å². The number of unbranched alkanes of at least 4 members (excludes halogenated alkanes) is 1. The first-order chi connectivity index (χ1) is 9.17. The monoisotopic (exact) mass is 278 g/mol. The summed E-state index contributed by atoms with van der Waals surface area (Å²) in [6, 6.07) is 8.05. The second kappa shape index (κ2) is 11.9. The molecule has 1 aromatic carbocycles. The molecule has 0 aliphatic carbocycles. The maximum Gasteiger partial charge on any atom is 0.119 e. The number of hydrogen-bond acceptors (Lipinski definition) is 2. The zero-order valence-electron chi connectivity index (χ0n) is 12.6. The number of ether oxygens (including phenoxy) is 1. The molecule has 1 aromatic rings. The van der Waals surface area contributed by atoms with E-state index in [1.807, 2.05) is 42.0 Å². The summed E-state index contributed by atoms with van der Waals surface area (Å²) in [6.45, 7) is 10.7. The molecule has 0 atom stereocenters. The molecule has 0 aliphatic heterocycles. The molecule has 2 heteroatoms. The van der Waals surface area contributed by atoms with E-state index in [0.29, 0.717) is 6.61 Å². The molecule has 0 spiro atoms. The molecule has 0 fully saturated rings. The van der Waals surface area contributed by atoms with Gasteiger partial charge in [-0.1, -0.05) is 57.0 Å². The van der Waals surface area contributed by atoms with E-state index in [-0.39, 0.29) is 0 Å². The second-order valence-corrected chi connectivity index (χ2v) is 4.94. The Morgan fingerprint density at radius 3 is 2.21 bits per heavy atom. The van der Waals surface area contributed by atoms with Crippen LogP contribution in [0.25, 0.3) is 0 Å². The minimum absolute atomic E-state index is 0.577. The van der Waals surface area contributed by atoms with Gasteiger partial charge in [-0.2, -0.15) is 0 Å². The summed E-state index contributed by atoms with van der Waals surface area (Å²) in [5.74, 6) is 0.898. The normalized spacial score (nSPS) is 10.4. The molecule has 1 nitrogen and oxygen atoms in total. The summed E-state index contributed by atoms with van der Waals surface area (Å²) in [5.41, 5.74) is 2.34. The molecule has 0 bridgehead atoms. The average molecular weight is 278 g/mol. The van der Waals surface area contributed by atoms with Crippen LogP contribution in [0.4, 0.5) is 0 Å². The van der Waals surface area contributed by atoms with Crippen molar-refractivity contribution in [3.05, 3.63) is 53.5 Å². The predicted octanol–water partition coefficient (Wildman–Crippen LogP) is 5.61. The minimum Gasteiger partial charge on any atom is -0.489 e. The molecule has 0 aliphatic rings. The van der Waals surface area contributed by atoms with Gasteiger partial charge in [-0.25, -0.2) is 0 Å². The van der Waals surface area contributed by atoms with E-state index in [9.17, 15) is 0 Å². The van der Waals surface area contributed by atoms with E-state index >= 15 is 0 Å². The molecule has 19 heavy (non-hydrogen) atoms. The summed E-state index contributed by atoms with van der Waals surface area (Å²) >= 11 is 1.66. The van der Waals surface area contributed by atoms with Gasteiger partial charge in [0.05, 0.1) is 0 Å². The van der Waals surface area contributed by atoms with Gasteiger partial charge in [0.2, 0.25) is 0 Å². The summed E-state index contributed by atoms with van der Waals surface area (Å²) in [7, 11) is 0. The minimum atomic E-state index is 0.577. The topological polar surface area (TPSA) is 9.23 Å². The van der Waals surface area contributed by atoms with Crippen molar-refractivity contribution in [2.24, 2.45) is 0 Å². The molecule has 0 amide bonds. The molecule has 0 saturated carbocycles. The number of aryl methyl sites for hydroxylation is 1. The molecule has 0 unspecified atom stereocenters. The number of benzene rings is 1. The summed E-state index contributed by atoms with van der Waals surface area (Å²) in [5, 5.41) is 2.04. The highest BCUT2D eigenvalue weighted by Crippen LogP contribution is 2.13. The fourth-order valence-corrected chi connectivity index (χ4v) is 1.56. The largest absolute Gasteiger partial charge is 0.489 e. The first-order valence-corrected chi connectivity index (χ1v) is 8.00. The quantitative estimate of drug-likeness (QED) is 0.625. The first kappa shape index (κ1) is 17.8. The molecule has 1 rings (SSSR count). The van der Waals surface area contributed by atoms with Crippen LogP contribution in [0, 0.1) is 6.92 Å². The van der Waals surface area contributed by atoms with Crippen LogP contribution in [-0.2, 0) is 0 Å². The summed E-state index contributed by atoms with van der Waals surface area (Å²) < 4.78 is 5.61. The summed E-state index contributed by atoms with van der Waals surface area (Å²) in [6.07, 6.45) is 6.49. The lowest BCUT2D eigenvalue weighted by atomic mass is 10.2. The van der Waals surface area contributed by atoms with Gasteiger partial charge in [-0.05, 0) is 36.3 Å². The molecular weight excluding hydrogens is 252 g/mol. The Balaban J connectivity index is 0.000000711. The standard InChI is InChI=1S/C13H16OS.C4H10/c1-4-12(10-15-3)9-14-13-7-5-11(2)6-8-13;1-3-4-2/h4-8,10H,1,9H2,2-3H3;3-4H2,1-2H3/b12-10+;. The van der Waals surface area contributed by atoms with Crippen LogP contribution in [0.2, 0.25) is 0 Å². The third kappa shape index (κ3) is 9.43. The van der Waals surface area contributed by atoms with Gasteiger partial charge in [0.25, 0.3) is 0 Å². The average Bonchev–Trinajstić information content (AvgIpc) is 2.45. The third-order valence-corrected chi connectivity index (χ3v) is 3.00. The Labute approximate surface area is 122 Å². The lowest BCUT2D eigenvalue weighted by Gasteiger charge is -2.06. The molecular formula is C17H26OS. The van der Waals surface area contributed by atoms with Crippen LogP contribution in [0.3, 0.4) is 0 Å². The Bertz CT molecular complexity index is 363. The van der Waals surface area contributed by atoms with Crippen molar-refractivity contribution in [1.29, 1.82) is 0 Å². The molecule has 0 saturated heterocycles. The van der Waals surface area contributed by atoms with E-state index in [2.05, 4.69) is 27.4 Å². The highest BCUT2D eigenvalue weighted by Gasteiger charge is 1.95. The van der Waals surface area contributed by atoms with Crippen molar-refractivity contribution in [2.75, 3.05) is 12.9 Å². The maximum absolute atomic E-state index is 5.61. The van der Waals surface area contributed by atoms with Crippen molar-refractivity contribution in [2.45, 2.75) is 33.6 Å². The molecule has 0 radical (unpaired) electrons. The lowest BCUT2D eigenvalue weighted by Crippen LogP contribution is -1.98. The van der Waals surface area contributed by atoms with E-state index < -0.39 is 0 Å². The Morgan fingerprint density at radius 2 is 1.79 bits per heavy atom. The molecule has 0 N–H and O–H groups in total. The highest BCUT2D eigenvalue weighted by molar-refractivity contribution is 8.01. The van der Waals surface area contributed by atoms with Gasteiger partial charge in [0.15, 0.2) is 0 Å². The molecule has 0 aromatic heterocycles. The van der Waals surface area contributed by atoms with Crippen LogP contribution < -0.4 is 4.74 Å². The Kier molecular flexibility index (Phi) is 11.2. The van der Waals surface area contributed by atoms with Gasteiger partial charge >= 0.3 is 0 Å². The van der Waals surface area contributed by atoms with Crippen molar-refractivity contribution >= 4 is 11.8 Å². The number of hydrogen-bond donors (Lipinski definition) is 0. The fourth-order valence-electron chi connectivity index (χ4n) is 1.09. The maximum atomic E-state index is 5.61. The van der Waals surface area contributed by atoms with Gasteiger partial charge in [-0.3, -0.25) is 0 Å². The highest BCUT2D eigenvalue weighted by atomic mass is 32.2. The van der Waals surface area contributed by atoms with Crippen molar-refractivity contribution in [3.8, 4) is 5.75 Å². The van der Waals surface area contributed by atoms with Crippen molar-refractivity contribution in [1.82, 2.24) is 0 Å². The fraction of sp³-hybridized carbons (Fsp3) is 0.412.